The predicted molar refractivity (Wildman–Crippen MR) is 157 cm³/mol. The minimum atomic E-state index is -1.18. The van der Waals surface area contributed by atoms with E-state index in [4.69, 9.17) is 9.47 Å². The number of rotatable bonds is 8. The number of hydrogen-bond acceptors (Lipinski definition) is 4. The Morgan fingerprint density at radius 3 is 1.47 bits per heavy atom. The molecule has 0 aromatic heterocycles. The van der Waals surface area contributed by atoms with Gasteiger partial charge in [-0.25, -0.2) is 0 Å². The summed E-state index contributed by atoms with van der Waals surface area (Å²) in [5.74, 6) is -2.41. The van der Waals surface area contributed by atoms with Crippen LogP contribution in [0.1, 0.15) is 58.3 Å². The van der Waals surface area contributed by atoms with Gasteiger partial charge in [0.05, 0.1) is 0 Å². The van der Waals surface area contributed by atoms with E-state index in [0.717, 1.165) is 5.56 Å². The summed E-state index contributed by atoms with van der Waals surface area (Å²) < 4.78 is 11.3. The third-order valence-electron chi connectivity index (χ3n) is 5.57. The molecule has 0 aliphatic carbocycles. The second-order valence-corrected chi connectivity index (χ2v) is 13.7. The summed E-state index contributed by atoms with van der Waals surface area (Å²) in [6.45, 7) is 12.8. The first-order valence-corrected chi connectivity index (χ1v) is 14.3. The highest BCUT2D eigenvalue weighted by atomic mass is 31.1. The van der Waals surface area contributed by atoms with Crippen molar-refractivity contribution in [3.63, 3.8) is 0 Å². The van der Waals surface area contributed by atoms with Crippen molar-refractivity contribution in [2.24, 2.45) is 5.92 Å². The van der Waals surface area contributed by atoms with Crippen LogP contribution in [0.3, 0.4) is 0 Å². The minimum absolute atomic E-state index is 0.0947. The highest BCUT2D eigenvalue weighted by Crippen LogP contribution is 2.50. The van der Waals surface area contributed by atoms with Crippen molar-refractivity contribution in [3.8, 4) is 0 Å². The third kappa shape index (κ3) is 8.67. The molecular formula is C33H39O4P. The van der Waals surface area contributed by atoms with Crippen LogP contribution in [0.4, 0.5) is 0 Å². The molecule has 1 unspecified atom stereocenters. The molecular weight excluding hydrogens is 491 g/mol. The zero-order valence-corrected chi connectivity index (χ0v) is 24.4. The molecule has 0 saturated carbocycles. The van der Waals surface area contributed by atoms with Crippen LogP contribution >= 0.6 is 7.92 Å². The van der Waals surface area contributed by atoms with Crippen molar-refractivity contribution in [3.05, 3.63) is 108 Å². The van der Waals surface area contributed by atoms with Crippen LogP contribution < -0.4 is 10.6 Å². The second kappa shape index (κ2) is 12.5. The van der Waals surface area contributed by atoms with Crippen molar-refractivity contribution in [2.75, 3.05) is 0 Å². The molecule has 0 fully saturated rings. The van der Waals surface area contributed by atoms with E-state index in [0.29, 0.717) is 0 Å². The van der Waals surface area contributed by atoms with Crippen LogP contribution in [-0.2, 0) is 19.1 Å². The maximum atomic E-state index is 13.2. The number of carbonyl (C=O) groups is 2. The van der Waals surface area contributed by atoms with Gasteiger partial charge in [0.15, 0.2) is 5.92 Å². The van der Waals surface area contributed by atoms with Gasteiger partial charge < -0.3 is 9.47 Å². The summed E-state index contributed by atoms with van der Waals surface area (Å²) in [6, 6.07) is 29.3. The van der Waals surface area contributed by atoms with Crippen LogP contribution in [0.5, 0.6) is 0 Å². The highest BCUT2D eigenvalue weighted by Gasteiger charge is 2.34. The van der Waals surface area contributed by atoms with Crippen molar-refractivity contribution < 1.29 is 19.1 Å². The lowest BCUT2D eigenvalue weighted by atomic mass is 10.0. The number of aryl methyl sites for hydroxylation is 1. The third-order valence-corrected chi connectivity index (χ3v) is 8.31. The zero-order valence-electron chi connectivity index (χ0n) is 23.5. The fraction of sp³-hybridized carbons (Fsp3) is 0.333. The molecule has 0 saturated heterocycles. The molecule has 0 N–H and O–H groups in total. The fourth-order valence-corrected chi connectivity index (χ4v) is 6.63. The Kier molecular flexibility index (Phi) is 9.68. The topological polar surface area (TPSA) is 52.6 Å². The number of ether oxygens (including phenoxy) is 2. The largest absolute Gasteiger partial charge is 0.459 e. The van der Waals surface area contributed by atoms with Gasteiger partial charge in [0.25, 0.3) is 0 Å². The average molecular weight is 531 g/mol. The first-order chi connectivity index (χ1) is 17.8. The first-order valence-electron chi connectivity index (χ1n) is 12.9. The summed E-state index contributed by atoms with van der Waals surface area (Å²) >= 11 is 0. The standard InChI is InChI=1S/C33H39O4P/c1-24-18-20-25(21-19-24)29(38(26-14-10-8-11-15-26)27-16-12-9-13-17-27)23-22-28(30(34)36-32(2,3)4)31(35)37-33(5,6)7/h8-23,28-29H,1-7H3/b23-22+. The van der Waals surface area contributed by atoms with Crippen LogP contribution in [0, 0.1) is 12.8 Å². The van der Waals surface area contributed by atoms with E-state index in [9.17, 15) is 9.59 Å². The van der Waals surface area contributed by atoms with Gasteiger partial charge in [-0.2, -0.15) is 0 Å². The normalized spacial score (nSPS) is 13.1. The average Bonchev–Trinajstić information content (AvgIpc) is 2.83. The quantitative estimate of drug-likeness (QED) is 0.136. The maximum Gasteiger partial charge on any atom is 0.324 e. The fourth-order valence-electron chi connectivity index (χ4n) is 3.96. The number of esters is 2. The summed E-state index contributed by atoms with van der Waals surface area (Å²) in [6.07, 6.45) is 3.67. The summed E-state index contributed by atoms with van der Waals surface area (Å²) in [5.41, 5.74) is 0.714. The van der Waals surface area contributed by atoms with Gasteiger partial charge in [-0.1, -0.05) is 103 Å². The molecule has 0 aliphatic heterocycles. The van der Waals surface area contributed by atoms with Gasteiger partial charge in [0.2, 0.25) is 0 Å². The molecule has 38 heavy (non-hydrogen) atoms. The molecule has 0 radical (unpaired) electrons. The SMILES string of the molecule is Cc1ccc(C(/C=C/C(C(=O)OC(C)(C)C)C(=O)OC(C)(C)C)P(c2ccccc2)c2ccccc2)cc1. The summed E-state index contributed by atoms with van der Waals surface area (Å²) in [4.78, 5) is 26.4. The molecule has 0 bridgehead atoms. The lowest BCUT2D eigenvalue weighted by Gasteiger charge is -2.28. The molecule has 0 heterocycles. The molecule has 200 valence electrons. The molecule has 3 aromatic rings. The van der Waals surface area contributed by atoms with E-state index in [1.807, 2.05) is 42.5 Å². The summed E-state index contributed by atoms with van der Waals surface area (Å²) in [5, 5.41) is 2.41. The number of hydrogen-bond donors (Lipinski definition) is 0. The van der Waals surface area contributed by atoms with Crippen molar-refractivity contribution >= 4 is 30.5 Å². The highest BCUT2D eigenvalue weighted by molar-refractivity contribution is 7.73. The van der Waals surface area contributed by atoms with Crippen molar-refractivity contribution in [2.45, 2.75) is 65.3 Å². The maximum absolute atomic E-state index is 13.2. The Hall–Kier alpha value is -3.23. The molecule has 0 amide bonds. The Bertz CT molecular complexity index is 1150. The van der Waals surface area contributed by atoms with Gasteiger partial charge in [-0.3, -0.25) is 9.59 Å². The molecule has 3 aromatic carbocycles. The van der Waals surface area contributed by atoms with Gasteiger partial charge in [0, 0.05) is 5.66 Å². The van der Waals surface area contributed by atoms with Crippen LogP contribution in [-0.4, -0.2) is 23.1 Å². The predicted octanol–water partition coefficient (Wildman–Crippen LogP) is 7.02. The lowest BCUT2D eigenvalue weighted by Crippen LogP contribution is -2.36. The molecule has 4 nitrogen and oxygen atoms in total. The number of carbonyl (C=O) groups excluding carboxylic acids is 2. The van der Waals surface area contributed by atoms with Crippen molar-refractivity contribution in [1.29, 1.82) is 0 Å². The molecule has 0 spiro atoms. The first kappa shape index (κ1) is 29.3. The van der Waals surface area contributed by atoms with Crippen LogP contribution in [0.2, 0.25) is 0 Å². The molecule has 0 aliphatic rings. The van der Waals surface area contributed by atoms with Crippen LogP contribution in [0.15, 0.2) is 97.1 Å². The Labute approximate surface area is 228 Å². The van der Waals surface area contributed by atoms with Crippen LogP contribution in [0.25, 0.3) is 0 Å². The monoisotopic (exact) mass is 530 g/mol. The van der Waals surface area contributed by atoms with Crippen molar-refractivity contribution in [1.82, 2.24) is 0 Å². The Balaban J connectivity index is 2.14. The van der Waals surface area contributed by atoms with E-state index in [-0.39, 0.29) is 5.66 Å². The van der Waals surface area contributed by atoms with Gasteiger partial charge in [-0.05, 0) is 72.6 Å². The number of allylic oxidation sites excluding steroid dienone is 1. The smallest absolute Gasteiger partial charge is 0.324 e. The Morgan fingerprint density at radius 1 is 0.658 bits per heavy atom. The molecule has 5 heteroatoms. The van der Waals surface area contributed by atoms with Gasteiger partial charge >= 0.3 is 11.9 Å². The van der Waals surface area contributed by atoms with Gasteiger partial charge in [-0.15, -0.1) is 0 Å². The van der Waals surface area contributed by atoms with E-state index in [2.05, 4.69) is 55.5 Å². The van der Waals surface area contributed by atoms with E-state index in [1.54, 1.807) is 47.6 Å². The van der Waals surface area contributed by atoms with E-state index >= 15 is 0 Å². The second-order valence-electron chi connectivity index (χ2n) is 11.3. The van der Waals surface area contributed by atoms with Gasteiger partial charge in [0.1, 0.15) is 11.2 Å². The summed E-state index contributed by atoms with van der Waals surface area (Å²) in [7, 11) is -0.914. The molecule has 3 rings (SSSR count). The zero-order chi connectivity index (χ0) is 27.9. The minimum Gasteiger partial charge on any atom is -0.459 e. The Morgan fingerprint density at radius 2 is 1.08 bits per heavy atom. The van der Waals surface area contributed by atoms with E-state index < -0.39 is 37.0 Å². The van der Waals surface area contributed by atoms with E-state index in [1.165, 1.54) is 16.2 Å². The lowest BCUT2D eigenvalue weighted by molar-refractivity contribution is -0.171. The molecule has 1 atom stereocenters. The number of benzene rings is 3.